The third-order valence-electron chi connectivity index (χ3n) is 2.94. The summed E-state index contributed by atoms with van der Waals surface area (Å²) in [6, 6.07) is 5.92. The summed E-state index contributed by atoms with van der Waals surface area (Å²) in [5.41, 5.74) is 1.58. The molecule has 0 bridgehead atoms. The quantitative estimate of drug-likeness (QED) is 0.590. The first-order chi connectivity index (χ1) is 9.68. The second-order valence-electron chi connectivity index (χ2n) is 5.81. The van der Waals surface area contributed by atoms with Crippen LogP contribution < -0.4 is 5.32 Å². The zero-order valence-electron chi connectivity index (χ0n) is 12.3. The van der Waals surface area contributed by atoms with E-state index in [0.717, 1.165) is 26.0 Å². The average Bonchev–Trinajstić information content (AvgIpc) is 2.37. The lowest BCUT2D eigenvalue weighted by atomic mass is 9.95. The van der Waals surface area contributed by atoms with Crippen LogP contribution in [0.25, 0.3) is 0 Å². The van der Waals surface area contributed by atoms with E-state index in [-0.39, 0.29) is 5.41 Å². The van der Waals surface area contributed by atoms with Crippen molar-refractivity contribution in [3.63, 3.8) is 0 Å². The van der Waals surface area contributed by atoms with E-state index >= 15 is 0 Å². The largest absolute Gasteiger partial charge is 0.339 e. The second kappa shape index (κ2) is 6.23. The molecule has 0 fully saturated rings. The fourth-order valence-corrected chi connectivity index (χ4v) is 2.54. The third kappa shape index (κ3) is 3.96. The minimum atomic E-state index is -0.164. The van der Waals surface area contributed by atoms with Gasteiger partial charge in [-0.2, -0.15) is 0 Å². The van der Waals surface area contributed by atoms with Crippen LogP contribution in [-0.2, 0) is 5.41 Å². The van der Waals surface area contributed by atoms with Gasteiger partial charge in [-0.3, -0.25) is 0 Å². The molecule has 0 aliphatic carbocycles. The summed E-state index contributed by atoms with van der Waals surface area (Å²) in [6.45, 7) is 8.09. The molecule has 0 radical (unpaired) electrons. The average molecular weight is 434 g/mol. The van der Waals surface area contributed by atoms with Crippen LogP contribution in [0, 0.1) is 6.92 Å². The first-order valence-electron chi connectivity index (χ1n) is 6.45. The van der Waals surface area contributed by atoms with Crippen molar-refractivity contribution < 1.29 is 0 Å². The van der Waals surface area contributed by atoms with E-state index < -0.39 is 0 Å². The van der Waals surface area contributed by atoms with E-state index in [1.807, 2.05) is 25.1 Å². The summed E-state index contributed by atoms with van der Waals surface area (Å²) in [6.07, 6.45) is 0. The summed E-state index contributed by atoms with van der Waals surface area (Å²) in [7, 11) is 0. The Morgan fingerprint density at radius 3 is 2.43 bits per heavy atom. The van der Waals surface area contributed by atoms with Crippen LogP contribution >= 0.6 is 43.5 Å². The van der Waals surface area contributed by atoms with Crippen molar-refractivity contribution in [3.05, 3.63) is 43.7 Å². The number of anilines is 2. The molecule has 1 N–H and O–H groups in total. The number of nitrogens with one attached hydrogen (secondary N) is 1. The van der Waals surface area contributed by atoms with E-state index in [1.165, 1.54) is 0 Å². The van der Waals surface area contributed by atoms with E-state index in [4.69, 9.17) is 11.6 Å². The molecule has 0 aliphatic heterocycles. The van der Waals surface area contributed by atoms with Gasteiger partial charge in [0.25, 0.3) is 0 Å². The fourth-order valence-electron chi connectivity index (χ4n) is 1.67. The van der Waals surface area contributed by atoms with Crippen LogP contribution in [0.15, 0.2) is 27.1 Å². The van der Waals surface area contributed by atoms with E-state index in [9.17, 15) is 0 Å². The molecule has 3 nitrogen and oxygen atoms in total. The lowest BCUT2D eigenvalue weighted by molar-refractivity contribution is 0.545. The Hall–Kier alpha value is -0.650. The maximum absolute atomic E-state index is 6.25. The lowest BCUT2D eigenvalue weighted by Gasteiger charge is -2.19. The molecule has 1 heterocycles. The molecular formula is C15H16Br2ClN3. The van der Waals surface area contributed by atoms with Gasteiger partial charge in [-0.15, -0.1) is 0 Å². The number of rotatable bonds is 2. The number of benzene rings is 1. The Morgan fingerprint density at radius 1 is 1.14 bits per heavy atom. The van der Waals surface area contributed by atoms with Gasteiger partial charge < -0.3 is 5.32 Å². The maximum Gasteiger partial charge on any atom is 0.138 e. The van der Waals surface area contributed by atoms with Gasteiger partial charge in [-0.25, -0.2) is 9.97 Å². The van der Waals surface area contributed by atoms with Crippen LogP contribution in [0.2, 0.25) is 5.15 Å². The highest BCUT2D eigenvalue weighted by atomic mass is 79.9. The monoisotopic (exact) mass is 431 g/mol. The molecular weight excluding hydrogens is 417 g/mol. The molecule has 2 aromatic rings. The summed E-state index contributed by atoms with van der Waals surface area (Å²) < 4.78 is 1.94. The summed E-state index contributed by atoms with van der Waals surface area (Å²) in [5, 5.41) is 3.80. The van der Waals surface area contributed by atoms with Crippen LogP contribution in [0.3, 0.4) is 0 Å². The standard InChI is InChI=1S/C15H16Br2ClN3/c1-8-12(18)20-14(15(2,3)4)21-13(8)19-11-7-9(16)5-6-10(11)17/h5-7H,1-4H3,(H,19,20,21). The second-order valence-corrected chi connectivity index (χ2v) is 7.94. The Balaban J connectivity index is 2.49. The van der Waals surface area contributed by atoms with Gasteiger partial charge in [0.2, 0.25) is 0 Å². The van der Waals surface area contributed by atoms with Gasteiger partial charge in [-0.05, 0) is 41.1 Å². The molecule has 0 saturated carbocycles. The van der Waals surface area contributed by atoms with Gasteiger partial charge >= 0.3 is 0 Å². The molecule has 0 saturated heterocycles. The highest BCUT2D eigenvalue weighted by Crippen LogP contribution is 2.32. The third-order valence-corrected chi connectivity index (χ3v) is 4.49. The summed E-state index contributed by atoms with van der Waals surface area (Å²) in [4.78, 5) is 9.01. The molecule has 21 heavy (non-hydrogen) atoms. The first kappa shape index (κ1) is 16.7. The van der Waals surface area contributed by atoms with Crippen LogP contribution in [0.4, 0.5) is 11.5 Å². The molecule has 1 aromatic carbocycles. The first-order valence-corrected chi connectivity index (χ1v) is 8.41. The predicted molar refractivity (Wildman–Crippen MR) is 95.6 cm³/mol. The SMILES string of the molecule is Cc1c(Cl)nc(C(C)(C)C)nc1Nc1cc(Br)ccc1Br. The van der Waals surface area contributed by atoms with E-state index in [2.05, 4.69) is 67.9 Å². The number of halogens is 3. The van der Waals surface area contributed by atoms with Crippen molar-refractivity contribution in [2.24, 2.45) is 0 Å². The minimum absolute atomic E-state index is 0.164. The summed E-state index contributed by atoms with van der Waals surface area (Å²) >= 11 is 13.2. The Bertz CT molecular complexity index is 681. The zero-order chi connectivity index (χ0) is 15.8. The number of nitrogens with zero attached hydrogens (tertiary/aromatic N) is 2. The smallest absolute Gasteiger partial charge is 0.138 e. The molecule has 1 aromatic heterocycles. The van der Waals surface area contributed by atoms with Gasteiger partial charge in [0.15, 0.2) is 0 Å². The van der Waals surface area contributed by atoms with Crippen molar-refractivity contribution in [1.82, 2.24) is 9.97 Å². The van der Waals surface area contributed by atoms with Gasteiger partial charge in [0, 0.05) is 19.9 Å². The molecule has 0 aliphatic rings. The summed E-state index contributed by atoms with van der Waals surface area (Å²) in [5.74, 6) is 1.44. The molecule has 6 heteroatoms. The molecule has 112 valence electrons. The van der Waals surface area contributed by atoms with Crippen LogP contribution in [0.5, 0.6) is 0 Å². The number of aromatic nitrogens is 2. The molecule has 0 amide bonds. The number of hydrogen-bond donors (Lipinski definition) is 1. The topological polar surface area (TPSA) is 37.8 Å². The van der Waals surface area contributed by atoms with Gasteiger partial charge in [0.1, 0.15) is 16.8 Å². The highest BCUT2D eigenvalue weighted by molar-refractivity contribution is 9.11. The Morgan fingerprint density at radius 2 is 1.81 bits per heavy atom. The van der Waals surface area contributed by atoms with Gasteiger partial charge in [0.05, 0.1) is 5.69 Å². The highest BCUT2D eigenvalue weighted by Gasteiger charge is 2.21. The van der Waals surface area contributed by atoms with Crippen LogP contribution in [0.1, 0.15) is 32.2 Å². The zero-order valence-corrected chi connectivity index (χ0v) is 16.2. The van der Waals surface area contributed by atoms with Crippen molar-refractivity contribution in [2.75, 3.05) is 5.32 Å². The Kier molecular flexibility index (Phi) is 4.96. The molecule has 0 atom stereocenters. The maximum atomic E-state index is 6.25. The van der Waals surface area contributed by atoms with Crippen molar-refractivity contribution >= 4 is 55.0 Å². The van der Waals surface area contributed by atoms with E-state index in [1.54, 1.807) is 0 Å². The fraction of sp³-hybridized carbons (Fsp3) is 0.333. The minimum Gasteiger partial charge on any atom is -0.339 e. The normalized spacial score (nSPS) is 11.6. The van der Waals surface area contributed by atoms with Crippen molar-refractivity contribution in [3.8, 4) is 0 Å². The molecule has 0 unspecified atom stereocenters. The predicted octanol–water partition coefficient (Wildman–Crippen LogP) is 6.00. The van der Waals surface area contributed by atoms with Gasteiger partial charge in [-0.1, -0.05) is 48.3 Å². The Labute approximate surface area is 146 Å². The number of hydrogen-bond acceptors (Lipinski definition) is 3. The molecule has 2 rings (SSSR count). The van der Waals surface area contributed by atoms with Crippen LogP contribution in [-0.4, -0.2) is 9.97 Å². The van der Waals surface area contributed by atoms with Crippen molar-refractivity contribution in [2.45, 2.75) is 33.1 Å². The van der Waals surface area contributed by atoms with E-state index in [0.29, 0.717) is 11.0 Å². The molecule has 0 spiro atoms. The van der Waals surface area contributed by atoms with Crippen molar-refractivity contribution in [1.29, 1.82) is 0 Å². The lowest BCUT2D eigenvalue weighted by Crippen LogP contribution is -2.17.